The van der Waals surface area contributed by atoms with Gasteiger partial charge in [0.2, 0.25) is 0 Å². The Bertz CT molecular complexity index is 6970. The standard InChI is InChI=1S/C53H33N5.C48H30N4/c1-2-7-34(8-3-1)46-26-22-37-16-17-38-23-27-49(58-53(38)52(37)57-46)43-12-4-9-39(29-43)41-18-14-35-21-25-48(56-50(35)31-41)44-19-15-36-20-24-47(55-51(36)32-44)42-11-5-10-40(30-42)45-13-6-28-54-33-45;1-9-35(27-37(10-1)41-15-3-7-33-13-5-25-49-47(33)41)36-19-17-31-22-24-44(52-45(31)29-36)40-20-18-32-21-23-43(51-46(32)30-40)39-12-2-11-38(28-39)42-16-4-8-34-14-6-26-50-48(34)42/h1-33H;1-30H. The second kappa shape index (κ2) is 27.8. The third-order valence-electron chi connectivity index (χ3n) is 20.8. The third-order valence-corrected chi connectivity index (χ3v) is 20.8. The van der Waals surface area contributed by atoms with E-state index in [-0.39, 0.29) is 0 Å². The molecule has 0 saturated carbocycles. The van der Waals surface area contributed by atoms with Crippen molar-refractivity contribution in [2.45, 2.75) is 0 Å². The van der Waals surface area contributed by atoms with E-state index in [1.54, 1.807) is 6.20 Å². The Morgan fingerprint density at radius 1 is 0.155 bits per heavy atom. The maximum atomic E-state index is 5.22. The first-order valence-corrected chi connectivity index (χ1v) is 36.8. The average Bonchev–Trinajstić information content (AvgIpc) is 0.762. The topological polar surface area (TPSA) is 116 Å². The van der Waals surface area contributed by atoms with Gasteiger partial charge in [-0.25, -0.2) is 29.9 Å². The summed E-state index contributed by atoms with van der Waals surface area (Å²) in [6.07, 6.45) is 7.40. The van der Waals surface area contributed by atoms with Crippen molar-refractivity contribution in [3.05, 3.63) is 383 Å². The molecule has 0 fully saturated rings. The fourth-order valence-corrected chi connectivity index (χ4v) is 15.1. The molecule has 0 radical (unpaired) electrons. The predicted octanol–water partition coefficient (Wildman–Crippen LogP) is 25.5. The van der Waals surface area contributed by atoms with Crippen LogP contribution < -0.4 is 0 Å². The lowest BCUT2D eigenvalue weighted by Crippen LogP contribution is -1.91. The molecule has 0 aliphatic rings. The summed E-state index contributed by atoms with van der Waals surface area (Å²) in [5.74, 6) is 0. The van der Waals surface area contributed by atoms with Gasteiger partial charge in [-0.05, 0) is 142 Å². The molecule has 0 unspecified atom stereocenters. The van der Waals surface area contributed by atoms with Crippen molar-refractivity contribution in [1.29, 1.82) is 0 Å². The minimum absolute atomic E-state index is 0.899. The number of hydrogen-bond donors (Lipinski definition) is 0. The van der Waals surface area contributed by atoms with Crippen molar-refractivity contribution in [3.8, 4) is 123 Å². The molecule has 0 atom stereocenters. The molecular formula is C101H63N9. The normalized spacial score (nSPS) is 11.5. The zero-order chi connectivity index (χ0) is 72.9. The molecule has 0 bridgehead atoms. The highest BCUT2D eigenvalue weighted by atomic mass is 14.8. The van der Waals surface area contributed by atoms with Gasteiger partial charge in [0.15, 0.2) is 0 Å². The Morgan fingerprint density at radius 2 is 0.436 bits per heavy atom. The van der Waals surface area contributed by atoms with E-state index >= 15 is 0 Å². The van der Waals surface area contributed by atoms with Crippen LogP contribution >= 0.6 is 0 Å². The maximum Gasteiger partial charge on any atom is 0.0972 e. The van der Waals surface area contributed by atoms with Gasteiger partial charge in [-0.2, -0.15) is 0 Å². The SMILES string of the molecule is c1cc(-c2ccc3ccc(-c4ccc5ccc(-c6cccc(-c7cccc8cccnc78)c6)nc5c4)nc3c2)cc(-c2cccc3cccnc23)c1.c1ccc(-c2ccc3ccc4ccc(-c5cccc(-c6ccc7ccc(-c8ccc9ccc(-c%10cccc(-c%11cccnc%11)c%10)nc9c8)nc7c6)c5)nc4c3n2)cc1. The highest BCUT2D eigenvalue weighted by molar-refractivity contribution is 6.05. The number of hydrogen-bond acceptors (Lipinski definition) is 9. The summed E-state index contributed by atoms with van der Waals surface area (Å²) in [6.45, 7) is 0. The van der Waals surface area contributed by atoms with Gasteiger partial charge in [-0.1, -0.05) is 255 Å². The number of para-hydroxylation sites is 2. The second-order valence-corrected chi connectivity index (χ2v) is 27.7. The summed E-state index contributed by atoms with van der Waals surface area (Å²) in [5.41, 5.74) is 30.6. The Kier molecular flexibility index (Phi) is 16.4. The van der Waals surface area contributed by atoms with Gasteiger partial charge >= 0.3 is 0 Å². The highest BCUT2D eigenvalue weighted by Crippen LogP contribution is 2.38. The van der Waals surface area contributed by atoms with Crippen LogP contribution in [0.5, 0.6) is 0 Å². The van der Waals surface area contributed by atoms with Gasteiger partial charge in [0.25, 0.3) is 0 Å². The monoisotopic (exact) mass is 1400 g/mol. The molecule has 9 aromatic heterocycles. The Balaban J connectivity index is 0.000000145. The lowest BCUT2D eigenvalue weighted by atomic mass is 9.96. The van der Waals surface area contributed by atoms with E-state index in [1.165, 1.54) is 0 Å². The van der Waals surface area contributed by atoms with Crippen LogP contribution in [0.1, 0.15) is 0 Å². The smallest absolute Gasteiger partial charge is 0.0972 e. The van der Waals surface area contributed by atoms with Crippen LogP contribution in [0.3, 0.4) is 0 Å². The van der Waals surface area contributed by atoms with Gasteiger partial charge in [0.05, 0.1) is 78.3 Å². The van der Waals surface area contributed by atoms with E-state index in [1.807, 2.05) is 55.0 Å². The van der Waals surface area contributed by atoms with E-state index in [9.17, 15) is 0 Å². The van der Waals surface area contributed by atoms with Gasteiger partial charge in [-0.3, -0.25) is 15.0 Å². The Hall–Kier alpha value is -14.9. The van der Waals surface area contributed by atoms with Crippen molar-refractivity contribution in [2.75, 3.05) is 0 Å². The lowest BCUT2D eigenvalue weighted by molar-refractivity contribution is 1.33. The summed E-state index contributed by atoms with van der Waals surface area (Å²) in [6, 6.07) is 125. The number of aromatic nitrogens is 9. The molecule has 21 rings (SSSR count). The van der Waals surface area contributed by atoms with Crippen LogP contribution in [0, 0.1) is 0 Å². The molecular weight excluding hydrogens is 1340 g/mol. The first kappa shape index (κ1) is 64.7. The summed E-state index contributed by atoms with van der Waals surface area (Å²) in [7, 11) is 0. The van der Waals surface area contributed by atoms with Crippen LogP contribution in [0.4, 0.5) is 0 Å². The van der Waals surface area contributed by atoms with E-state index in [2.05, 4.69) is 336 Å². The minimum atomic E-state index is 0.899. The van der Waals surface area contributed by atoms with Gasteiger partial charge in [-0.15, -0.1) is 0 Å². The van der Waals surface area contributed by atoms with E-state index in [0.29, 0.717) is 0 Å². The number of pyridine rings is 9. The Labute approximate surface area is 634 Å². The molecule has 9 nitrogen and oxygen atoms in total. The summed E-state index contributed by atoms with van der Waals surface area (Å²) < 4.78 is 0. The predicted molar refractivity (Wildman–Crippen MR) is 453 cm³/mol. The van der Waals surface area contributed by atoms with E-state index in [4.69, 9.17) is 29.9 Å². The van der Waals surface area contributed by atoms with Crippen LogP contribution in [-0.4, -0.2) is 44.9 Å². The van der Waals surface area contributed by atoms with Crippen LogP contribution in [0.25, 0.3) is 210 Å². The van der Waals surface area contributed by atoms with Crippen molar-refractivity contribution in [2.24, 2.45) is 0 Å². The van der Waals surface area contributed by atoms with Crippen molar-refractivity contribution in [1.82, 2.24) is 44.9 Å². The maximum absolute atomic E-state index is 5.22. The average molecular weight is 1400 g/mol. The number of benzene rings is 12. The first-order valence-electron chi connectivity index (χ1n) is 36.8. The summed E-state index contributed by atoms with van der Waals surface area (Å²) in [4.78, 5) is 44.6. The lowest BCUT2D eigenvalue weighted by Gasteiger charge is -2.10. The molecule has 0 saturated heterocycles. The minimum Gasteiger partial charge on any atom is -0.264 e. The Morgan fingerprint density at radius 3 is 0.882 bits per heavy atom. The summed E-state index contributed by atoms with van der Waals surface area (Å²) >= 11 is 0. The molecule has 0 aliphatic carbocycles. The highest BCUT2D eigenvalue weighted by Gasteiger charge is 2.16. The summed E-state index contributed by atoms with van der Waals surface area (Å²) in [5, 5.41) is 8.76. The molecule has 9 heteroatoms. The first-order chi connectivity index (χ1) is 54.4. The molecule has 21 aromatic rings. The number of nitrogens with zero attached hydrogens (tertiary/aromatic N) is 9. The largest absolute Gasteiger partial charge is 0.264 e. The fourth-order valence-electron chi connectivity index (χ4n) is 15.1. The second-order valence-electron chi connectivity index (χ2n) is 27.7. The third kappa shape index (κ3) is 12.6. The zero-order valence-corrected chi connectivity index (χ0v) is 59.4. The fraction of sp³-hybridized carbons (Fsp3) is 0. The van der Waals surface area contributed by atoms with Crippen molar-refractivity contribution < 1.29 is 0 Å². The molecule has 512 valence electrons. The molecule has 9 heterocycles. The number of fused-ring (bicyclic) bond motifs is 9. The van der Waals surface area contributed by atoms with Gasteiger partial charge < -0.3 is 0 Å². The van der Waals surface area contributed by atoms with E-state index < -0.39 is 0 Å². The number of rotatable bonds is 11. The molecule has 0 aliphatic heterocycles. The van der Waals surface area contributed by atoms with Crippen LogP contribution in [0.15, 0.2) is 383 Å². The van der Waals surface area contributed by atoms with Crippen LogP contribution in [-0.2, 0) is 0 Å². The quantitative estimate of drug-likeness (QED) is 0.117. The zero-order valence-electron chi connectivity index (χ0n) is 59.4. The molecule has 0 N–H and O–H groups in total. The van der Waals surface area contributed by atoms with Crippen LogP contribution in [0.2, 0.25) is 0 Å². The van der Waals surface area contributed by atoms with Gasteiger partial charge in [0, 0.05) is 118 Å². The molecule has 110 heavy (non-hydrogen) atoms. The molecule has 0 amide bonds. The van der Waals surface area contributed by atoms with Crippen molar-refractivity contribution in [3.63, 3.8) is 0 Å². The molecule has 0 spiro atoms. The van der Waals surface area contributed by atoms with Gasteiger partial charge in [0.1, 0.15) is 0 Å². The van der Waals surface area contributed by atoms with E-state index in [0.717, 1.165) is 210 Å². The molecule has 12 aromatic carbocycles. The van der Waals surface area contributed by atoms with Crippen molar-refractivity contribution >= 4 is 87.2 Å².